The summed E-state index contributed by atoms with van der Waals surface area (Å²) >= 11 is 0.182. The molecule has 0 bridgehead atoms. The number of carbonyl (C=O) groups excluding carboxylic acids is 1. The molecule has 1 aromatic rings. The van der Waals surface area contributed by atoms with E-state index in [1.165, 1.54) is 18.0 Å². The Morgan fingerprint density at radius 2 is 1.82 bits per heavy atom. The van der Waals surface area contributed by atoms with Gasteiger partial charge in [-0.3, -0.25) is 0 Å². The van der Waals surface area contributed by atoms with Crippen molar-refractivity contribution in [1.29, 1.82) is 0 Å². The second-order valence-electron chi connectivity index (χ2n) is 4.46. The first-order chi connectivity index (χ1) is 8.27. The molecule has 1 aliphatic carbocycles. The van der Waals surface area contributed by atoms with E-state index in [1.807, 2.05) is 18.2 Å². The first kappa shape index (κ1) is 12.7. The molecule has 1 fully saturated rings. The fourth-order valence-electron chi connectivity index (χ4n) is 2.37. The Morgan fingerprint density at radius 1 is 1.18 bits per heavy atom. The van der Waals surface area contributed by atoms with E-state index in [1.54, 1.807) is 0 Å². The Balaban J connectivity index is 2.19. The van der Waals surface area contributed by atoms with Crippen molar-refractivity contribution in [3.05, 3.63) is 30.3 Å². The molecular weight excluding hydrogens is 279 g/mol. The summed E-state index contributed by atoms with van der Waals surface area (Å²) in [6.45, 7) is 0. The van der Waals surface area contributed by atoms with Crippen LogP contribution in [0.15, 0.2) is 30.3 Å². The number of carbonyl (C=O) groups is 1. The Bertz CT molecular complexity index is 369. The summed E-state index contributed by atoms with van der Waals surface area (Å²) in [5.41, 5.74) is 0. The summed E-state index contributed by atoms with van der Waals surface area (Å²) in [4.78, 5) is 12.1. The number of hydrogen-bond donors (Lipinski definition) is 0. The number of methoxy groups -OCH3 is 1. The van der Waals surface area contributed by atoms with Gasteiger partial charge in [0.15, 0.2) is 0 Å². The molecule has 0 amide bonds. The van der Waals surface area contributed by atoms with Crippen molar-refractivity contribution in [2.24, 2.45) is 0 Å². The molecule has 17 heavy (non-hydrogen) atoms. The summed E-state index contributed by atoms with van der Waals surface area (Å²) in [6.07, 6.45) is 5.56. The molecule has 0 aromatic heterocycles. The minimum atomic E-state index is -0.207. The normalized spacial score (nSPS) is 18.6. The molecule has 1 saturated carbocycles. The van der Waals surface area contributed by atoms with E-state index in [4.69, 9.17) is 4.74 Å². The topological polar surface area (TPSA) is 26.3 Å². The van der Waals surface area contributed by atoms with Crippen LogP contribution in [0.4, 0.5) is 0 Å². The van der Waals surface area contributed by atoms with Crippen molar-refractivity contribution in [3.8, 4) is 0 Å². The molecule has 1 aromatic carbocycles. The zero-order valence-corrected chi connectivity index (χ0v) is 11.9. The maximum absolute atomic E-state index is 12.1. The van der Waals surface area contributed by atoms with Crippen LogP contribution in [0, 0.1) is 0 Å². The van der Waals surface area contributed by atoms with Gasteiger partial charge in [-0.2, -0.15) is 0 Å². The Labute approximate surface area is 109 Å². The van der Waals surface area contributed by atoms with Crippen LogP contribution in [0.3, 0.4) is 0 Å². The van der Waals surface area contributed by atoms with Crippen molar-refractivity contribution >= 4 is 25.4 Å². The second kappa shape index (κ2) is 5.70. The van der Waals surface area contributed by atoms with Gasteiger partial charge in [0, 0.05) is 0 Å². The third kappa shape index (κ3) is 2.91. The third-order valence-electron chi connectivity index (χ3n) is 3.28. The first-order valence-electron chi connectivity index (χ1n) is 6.09. The van der Waals surface area contributed by atoms with Crippen LogP contribution in [0.1, 0.15) is 32.1 Å². The van der Waals surface area contributed by atoms with Crippen LogP contribution in [0.2, 0.25) is 4.31 Å². The molecule has 0 N–H and O–H groups in total. The quantitative estimate of drug-likeness (QED) is 0.632. The summed E-state index contributed by atoms with van der Waals surface area (Å²) in [6, 6.07) is 10.4. The second-order valence-corrected chi connectivity index (χ2v) is 7.52. The van der Waals surface area contributed by atoms with E-state index in [-0.39, 0.29) is 25.2 Å². The van der Waals surface area contributed by atoms with Crippen molar-refractivity contribution in [2.75, 3.05) is 7.11 Å². The van der Waals surface area contributed by atoms with Gasteiger partial charge in [0.05, 0.1) is 0 Å². The SMILES string of the molecule is COC(=O)C1([Se]c2ccccc2)CCCCC1. The average Bonchev–Trinajstić information content (AvgIpc) is 2.40. The Morgan fingerprint density at radius 3 is 2.41 bits per heavy atom. The fourth-order valence-corrected chi connectivity index (χ4v) is 5.32. The number of rotatable bonds is 3. The van der Waals surface area contributed by atoms with Crippen molar-refractivity contribution < 1.29 is 9.53 Å². The Kier molecular flexibility index (Phi) is 4.25. The van der Waals surface area contributed by atoms with Gasteiger partial charge < -0.3 is 0 Å². The molecule has 0 radical (unpaired) electrons. The molecular formula is C14H18O2Se. The molecule has 0 atom stereocenters. The predicted molar refractivity (Wildman–Crippen MR) is 69.6 cm³/mol. The van der Waals surface area contributed by atoms with Crippen LogP contribution in [-0.4, -0.2) is 28.0 Å². The molecule has 0 spiro atoms. The zero-order chi connectivity index (χ0) is 12.1. The van der Waals surface area contributed by atoms with Crippen LogP contribution >= 0.6 is 0 Å². The molecule has 2 rings (SSSR count). The van der Waals surface area contributed by atoms with E-state index < -0.39 is 0 Å². The standard InChI is InChI=1S/C14H18O2Se/c1-16-13(15)14(10-6-3-7-11-14)17-12-8-4-2-5-9-12/h2,4-5,8-9H,3,6-7,10-11H2,1H3. The number of hydrogen-bond acceptors (Lipinski definition) is 2. The molecule has 92 valence electrons. The number of esters is 1. The minimum absolute atomic E-state index is 0.000975. The summed E-state index contributed by atoms with van der Waals surface area (Å²) in [7, 11) is 1.51. The molecule has 0 unspecified atom stereocenters. The van der Waals surface area contributed by atoms with E-state index in [0.717, 1.165) is 25.7 Å². The van der Waals surface area contributed by atoms with E-state index in [9.17, 15) is 4.79 Å². The molecule has 0 saturated heterocycles. The van der Waals surface area contributed by atoms with Gasteiger partial charge in [0.25, 0.3) is 0 Å². The summed E-state index contributed by atoms with van der Waals surface area (Å²) < 4.78 is 6.13. The van der Waals surface area contributed by atoms with Gasteiger partial charge in [-0.1, -0.05) is 0 Å². The third-order valence-corrected chi connectivity index (χ3v) is 6.37. The van der Waals surface area contributed by atoms with Gasteiger partial charge in [-0.25, -0.2) is 0 Å². The van der Waals surface area contributed by atoms with Crippen molar-refractivity contribution in [1.82, 2.24) is 0 Å². The van der Waals surface area contributed by atoms with Crippen molar-refractivity contribution in [3.63, 3.8) is 0 Å². The first-order valence-corrected chi connectivity index (χ1v) is 7.81. The molecule has 1 aliphatic rings. The maximum atomic E-state index is 12.1. The Hall–Kier alpha value is -0.791. The van der Waals surface area contributed by atoms with Crippen LogP contribution in [0.5, 0.6) is 0 Å². The van der Waals surface area contributed by atoms with E-state index in [0.29, 0.717) is 0 Å². The fraction of sp³-hybridized carbons (Fsp3) is 0.500. The van der Waals surface area contributed by atoms with E-state index in [2.05, 4.69) is 12.1 Å². The predicted octanol–water partition coefficient (Wildman–Crippen LogP) is 2.31. The van der Waals surface area contributed by atoms with Crippen LogP contribution in [-0.2, 0) is 9.53 Å². The van der Waals surface area contributed by atoms with E-state index >= 15 is 0 Å². The van der Waals surface area contributed by atoms with Gasteiger partial charge in [-0.05, 0) is 0 Å². The molecule has 3 heteroatoms. The zero-order valence-electron chi connectivity index (χ0n) is 10.1. The van der Waals surface area contributed by atoms with Gasteiger partial charge >= 0.3 is 109 Å². The number of ether oxygens (including phenoxy) is 1. The summed E-state index contributed by atoms with van der Waals surface area (Å²) in [5, 5.41) is 0. The van der Waals surface area contributed by atoms with Crippen molar-refractivity contribution in [2.45, 2.75) is 36.4 Å². The average molecular weight is 297 g/mol. The monoisotopic (exact) mass is 298 g/mol. The molecule has 2 nitrogen and oxygen atoms in total. The molecule has 0 aliphatic heterocycles. The van der Waals surface area contributed by atoms with Gasteiger partial charge in [-0.15, -0.1) is 0 Å². The van der Waals surface area contributed by atoms with Crippen LogP contribution in [0.25, 0.3) is 0 Å². The van der Waals surface area contributed by atoms with Crippen LogP contribution < -0.4 is 4.46 Å². The van der Waals surface area contributed by atoms with Gasteiger partial charge in [0.2, 0.25) is 0 Å². The number of benzene rings is 1. The van der Waals surface area contributed by atoms with Gasteiger partial charge in [0.1, 0.15) is 0 Å². The summed E-state index contributed by atoms with van der Waals surface area (Å²) in [5.74, 6) is 0.000975. The molecule has 0 heterocycles.